The van der Waals surface area contributed by atoms with E-state index in [1.54, 1.807) is 29.2 Å². The summed E-state index contributed by atoms with van der Waals surface area (Å²) in [7, 11) is 0. The van der Waals surface area contributed by atoms with E-state index in [0.29, 0.717) is 16.5 Å². The van der Waals surface area contributed by atoms with E-state index in [2.05, 4.69) is 6.92 Å². The summed E-state index contributed by atoms with van der Waals surface area (Å²) in [6.07, 6.45) is 2.12. The summed E-state index contributed by atoms with van der Waals surface area (Å²) in [5, 5.41) is 1.29. The first-order chi connectivity index (χ1) is 11.0. The summed E-state index contributed by atoms with van der Waals surface area (Å²) in [6, 6.07) is 6.65. The molecule has 1 amide bonds. The summed E-state index contributed by atoms with van der Waals surface area (Å²) in [4.78, 5) is 25.9. The first-order valence-electron chi connectivity index (χ1n) is 7.67. The van der Waals surface area contributed by atoms with Gasteiger partial charge < -0.3 is 14.1 Å². The zero-order valence-corrected chi connectivity index (χ0v) is 13.6. The number of nitrogens with zero attached hydrogens (tertiary/aromatic N) is 1. The van der Waals surface area contributed by atoms with Crippen molar-refractivity contribution in [2.75, 3.05) is 19.7 Å². The third kappa shape index (κ3) is 3.67. The van der Waals surface area contributed by atoms with Crippen LogP contribution in [-0.4, -0.2) is 36.5 Å². The molecule has 1 saturated heterocycles. The van der Waals surface area contributed by atoms with Gasteiger partial charge in [-0.3, -0.25) is 4.79 Å². The number of rotatable bonds is 3. The maximum absolute atomic E-state index is 12.1. The highest BCUT2D eigenvalue weighted by molar-refractivity contribution is 6.31. The number of piperidine rings is 1. The Balaban J connectivity index is 1.60. The molecule has 23 heavy (non-hydrogen) atoms. The Morgan fingerprint density at radius 1 is 1.39 bits per heavy atom. The average Bonchev–Trinajstić information content (AvgIpc) is 2.95. The number of halogens is 1. The van der Waals surface area contributed by atoms with Gasteiger partial charge in [-0.1, -0.05) is 18.5 Å². The third-order valence-electron chi connectivity index (χ3n) is 4.02. The van der Waals surface area contributed by atoms with E-state index in [9.17, 15) is 9.59 Å². The van der Waals surface area contributed by atoms with E-state index < -0.39 is 5.97 Å². The number of fused-ring (bicyclic) bond motifs is 1. The van der Waals surface area contributed by atoms with Gasteiger partial charge in [0, 0.05) is 23.5 Å². The van der Waals surface area contributed by atoms with E-state index in [-0.39, 0.29) is 18.3 Å². The van der Waals surface area contributed by atoms with Gasteiger partial charge in [0.15, 0.2) is 6.61 Å². The van der Waals surface area contributed by atoms with Crippen LogP contribution in [0.4, 0.5) is 0 Å². The molecule has 0 aliphatic carbocycles. The summed E-state index contributed by atoms with van der Waals surface area (Å²) < 4.78 is 10.5. The smallest absolute Gasteiger partial charge is 0.374 e. The van der Waals surface area contributed by atoms with E-state index >= 15 is 0 Å². The van der Waals surface area contributed by atoms with Crippen molar-refractivity contribution >= 4 is 34.4 Å². The number of carbonyl (C=O) groups excluding carboxylic acids is 2. The minimum absolute atomic E-state index is 0.0714. The molecule has 0 radical (unpaired) electrons. The molecule has 0 N–H and O–H groups in total. The highest BCUT2D eigenvalue weighted by Gasteiger charge is 2.23. The van der Waals surface area contributed by atoms with E-state index in [0.717, 1.165) is 31.3 Å². The van der Waals surface area contributed by atoms with Crippen molar-refractivity contribution in [2.24, 2.45) is 5.92 Å². The van der Waals surface area contributed by atoms with Crippen LogP contribution in [-0.2, 0) is 9.53 Å². The Labute approximate surface area is 139 Å². The number of furan rings is 1. The van der Waals surface area contributed by atoms with E-state index in [1.807, 2.05) is 0 Å². The molecular formula is C17H18ClNO4. The summed E-state index contributed by atoms with van der Waals surface area (Å²) >= 11 is 5.90. The molecule has 6 heteroatoms. The van der Waals surface area contributed by atoms with Crippen LogP contribution >= 0.6 is 11.6 Å². The van der Waals surface area contributed by atoms with Crippen LogP contribution in [0.1, 0.15) is 30.3 Å². The molecule has 1 aliphatic heterocycles. The first kappa shape index (κ1) is 15.9. The minimum atomic E-state index is -0.643. The predicted octanol–water partition coefficient (Wildman–Crippen LogP) is 3.50. The second kappa shape index (κ2) is 6.62. The summed E-state index contributed by atoms with van der Waals surface area (Å²) in [5.74, 6) is -0.245. The summed E-state index contributed by atoms with van der Waals surface area (Å²) in [5.41, 5.74) is 0.553. The normalized spacial score (nSPS) is 18.2. The fraction of sp³-hybridized carbons (Fsp3) is 0.412. The lowest BCUT2D eigenvalue weighted by atomic mass is 10.0. The second-order valence-corrected chi connectivity index (χ2v) is 6.39. The maximum Gasteiger partial charge on any atom is 0.374 e. The van der Waals surface area contributed by atoms with Gasteiger partial charge in [-0.15, -0.1) is 0 Å². The minimum Gasteiger partial charge on any atom is -0.450 e. The van der Waals surface area contributed by atoms with Crippen molar-refractivity contribution < 1.29 is 18.7 Å². The Morgan fingerprint density at radius 2 is 2.22 bits per heavy atom. The summed E-state index contributed by atoms with van der Waals surface area (Å²) in [6.45, 7) is 3.30. The van der Waals surface area contributed by atoms with Gasteiger partial charge in [0.05, 0.1) is 0 Å². The van der Waals surface area contributed by atoms with Crippen LogP contribution in [0.2, 0.25) is 5.02 Å². The zero-order chi connectivity index (χ0) is 16.4. The molecule has 0 bridgehead atoms. The van der Waals surface area contributed by atoms with Crippen LogP contribution in [0.3, 0.4) is 0 Å². The fourth-order valence-corrected chi connectivity index (χ4v) is 3.00. The van der Waals surface area contributed by atoms with Crippen LogP contribution in [0.5, 0.6) is 0 Å². The number of hydrogen-bond acceptors (Lipinski definition) is 4. The largest absolute Gasteiger partial charge is 0.450 e. The highest BCUT2D eigenvalue weighted by Crippen LogP contribution is 2.23. The molecule has 0 spiro atoms. The number of amides is 1. The van der Waals surface area contributed by atoms with Crippen molar-refractivity contribution in [3.63, 3.8) is 0 Å². The Hall–Kier alpha value is -2.01. The fourth-order valence-electron chi connectivity index (χ4n) is 2.82. The molecule has 1 atom stereocenters. The number of benzene rings is 1. The standard InChI is InChI=1S/C17H18ClNO4/c1-11-3-2-6-19(9-11)16(20)10-22-17(21)15-8-12-7-13(18)4-5-14(12)23-15/h4-5,7-8,11H,2-3,6,9-10H2,1H3/t11-/m0/s1. The molecule has 1 aromatic carbocycles. The number of likely N-dealkylation sites (tertiary alicyclic amines) is 1. The molecule has 3 rings (SSSR count). The highest BCUT2D eigenvalue weighted by atomic mass is 35.5. The van der Waals surface area contributed by atoms with Gasteiger partial charge in [-0.05, 0) is 43.0 Å². The SMILES string of the molecule is C[C@H]1CCCN(C(=O)COC(=O)c2cc3cc(Cl)ccc3o2)C1. The topological polar surface area (TPSA) is 59.8 Å². The second-order valence-electron chi connectivity index (χ2n) is 5.96. The molecule has 0 unspecified atom stereocenters. The van der Waals surface area contributed by atoms with Crippen LogP contribution in [0, 0.1) is 5.92 Å². The van der Waals surface area contributed by atoms with Crippen molar-refractivity contribution in [1.82, 2.24) is 4.90 Å². The van der Waals surface area contributed by atoms with Crippen LogP contribution in [0.25, 0.3) is 11.0 Å². The monoisotopic (exact) mass is 335 g/mol. The van der Waals surface area contributed by atoms with Crippen molar-refractivity contribution in [1.29, 1.82) is 0 Å². The lowest BCUT2D eigenvalue weighted by Crippen LogP contribution is -2.41. The molecule has 122 valence electrons. The Bertz CT molecular complexity index is 739. The first-order valence-corrected chi connectivity index (χ1v) is 8.05. The van der Waals surface area contributed by atoms with Gasteiger partial charge >= 0.3 is 5.97 Å². The number of hydrogen-bond donors (Lipinski definition) is 0. The molecular weight excluding hydrogens is 318 g/mol. The Kier molecular flexibility index (Phi) is 4.57. The van der Waals surface area contributed by atoms with Gasteiger partial charge in [0.25, 0.3) is 5.91 Å². The third-order valence-corrected chi connectivity index (χ3v) is 4.25. The number of esters is 1. The van der Waals surface area contributed by atoms with Crippen molar-refractivity contribution in [2.45, 2.75) is 19.8 Å². The van der Waals surface area contributed by atoms with E-state index in [1.165, 1.54) is 0 Å². The maximum atomic E-state index is 12.1. The van der Waals surface area contributed by atoms with E-state index in [4.69, 9.17) is 20.8 Å². The van der Waals surface area contributed by atoms with Gasteiger partial charge in [0.1, 0.15) is 5.58 Å². The van der Waals surface area contributed by atoms with Crippen molar-refractivity contribution in [3.05, 3.63) is 35.0 Å². The molecule has 0 saturated carbocycles. The molecule has 5 nitrogen and oxygen atoms in total. The zero-order valence-electron chi connectivity index (χ0n) is 12.9. The van der Waals surface area contributed by atoms with Gasteiger partial charge in [-0.2, -0.15) is 0 Å². The van der Waals surface area contributed by atoms with Crippen LogP contribution in [0.15, 0.2) is 28.7 Å². The van der Waals surface area contributed by atoms with Gasteiger partial charge in [-0.25, -0.2) is 4.79 Å². The molecule has 2 heterocycles. The molecule has 1 aliphatic rings. The van der Waals surface area contributed by atoms with Gasteiger partial charge in [0.2, 0.25) is 5.76 Å². The number of carbonyl (C=O) groups is 2. The molecule has 2 aromatic rings. The Morgan fingerprint density at radius 3 is 3.00 bits per heavy atom. The van der Waals surface area contributed by atoms with Crippen molar-refractivity contribution in [3.8, 4) is 0 Å². The number of ether oxygens (including phenoxy) is 1. The quantitative estimate of drug-likeness (QED) is 0.805. The van der Waals surface area contributed by atoms with Crippen LogP contribution < -0.4 is 0 Å². The lowest BCUT2D eigenvalue weighted by Gasteiger charge is -2.30. The molecule has 1 aromatic heterocycles. The molecule has 1 fully saturated rings. The predicted molar refractivity (Wildman–Crippen MR) is 86.5 cm³/mol. The lowest BCUT2D eigenvalue weighted by molar-refractivity contribution is -0.136. The average molecular weight is 336 g/mol.